The van der Waals surface area contributed by atoms with E-state index in [2.05, 4.69) is 0 Å². The molecule has 0 N–H and O–H groups in total. The second-order valence-electron chi connectivity index (χ2n) is 3.60. The number of nitro groups is 1. The zero-order valence-corrected chi connectivity index (χ0v) is 8.77. The molecule has 1 aromatic rings. The van der Waals surface area contributed by atoms with Crippen LogP contribution in [-0.2, 0) is 11.2 Å². The highest BCUT2D eigenvalue weighted by molar-refractivity contribution is 5.78. The molecule has 0 aliphatic heterocycles. The maximum absolute atomic E-state index is 11.1. The molecule has 80 valence electrons. The van der Waals surface area contributed by atoms with Crippen molar-refractivity contribution in [3.63, 3.8) is 0 Å². The molecule has 15 heavy (non-hydrogen) atoms. The number of benzene rings is 1. The van der Waals surface area contributed by atoms with Crippen LogP contribution in [0.3, 0.4) is 0 Å². The van der Waals surface area contributed by atoms with Crippen LogP contribution in [0.1, 0.15) is 19.4 Å². The second kappa shape index (κ2) is 4.68. The lowest BCUT2D eigenvalue weighted by atomic mass is 9.97. The largest absolute Gasteiger partial charge is 0.300 e. The molecule has 1 rings (SSSR count). The minimum Gasteiger partial charge on any atom is -0.300 e. The minimum absolute atomic E-state index is 0.0492. The van der Waals surface area contributed by atoms with Crippen molar-refractivity contribution in [3.8, 4) is 0 Å². The minimum atomic E-state index is -0.414. The van der Waals surface area contributed by atoms with Gasteiger partial charge in [0.2, 0.25) is 0 Å². The highest BCUT2D eigenvalue weighted by Crippen LogP contribution is 2.21. The van der Waals surface area contributed by atoms with Gasteiger partial charge in [-0.05, 0) is 13.3 Å². The van der Waals surface area contributed by atoms with Gasteiger partial charge < -0.3 is 0 Å². The van der Waals surface area contributed by atoms with Gasteiger partial charge in [-0.3, -0.25) is 14.9 Å². The van der Waals surface area contributed by atoms with E-state index >= 15 is 0 Å². The Balaban J connectivity index is 2.94. The number of para-hydroxylation sites is 1. The van der Waals surface area contributed by atoms with Crippen molar-refractivity contribution in [3.05, 3.63) is 39.9 Å². The molecule has 0 aromatic heterocycles. The van der Waals surface area contributed by atoms with E-state index in [-0.39, 0.29) is 17.4 Å². The molecule has 0 saturated heterocycles. The molecule has 4 nitrogen and oxygen atoms in total. The van der Waals surface area contributed by atoms with Gasteiger partial charge >= 0.3 is 0 Å². The van der Waals surface area contributed by atoms with Crippen molar-refractivity contribution in [1.82, 2.24) is 0 Å². The predicted molar refractivity (Wildman–Crippen MR) is 56.6 cm³/mol. The lowest BCUT2D eigenvalue weighted by molar-refractivity contribution is -0.385. The third kappa shape index (κ3) is 2.87. The highest BCUT2D eigenvalue weighted by atomic mass is 16.6. The summed E-state index contributed by atoms with van der Waals surface area (Å²) in [5.74, 6) is -0.126. The average Bonchev–Trinajstić information content (AvgIpc) is 2.18. The fourth-order valence-electron chi connectivity index (χ4n) is 1.34. The van der Waals surface area contributed by atoms with Crippen LogP contribution >= 0.6 is 0 Å². The molecule has 0 radical (unpaired) electrons. The molecular formula is C11H13NO3. The fourth-order valence-corrected chi connectivity index (χ4v) is 1.34. The van der Waals surface area contributed by atoms with Gasteiger partial charge in [0.25, 0.3) is 5.69 Å². The number of rotatable bonds is 4. The molecule has 0 spiro atoms. The van der Waals surface area contributed by atoms with E-state index in [0.29, 0.717) is 12.0 Å². The number of hydrogen-bond acceptors (Lipinski definition) is 3. The molecule has 1 aromatic carbocycles. The molecule has 0 saturated carbocycles. The van der Waals surface area contributed by atoms with Crippen LogP contribution in [0, 0.1) is 16.0 Å². The molecule has 0 aliphatic carbocycles. The number of nitrogens with zero attached hydrogens (tertiary/aromatic N) is 1. The molecule has 4 heteroatoms. The van der Waals surface area contributed by atoms with E-state index in [4.69, 9.17) is 0 Å². The Kier molecular flexibility index (Phi) is 3.55. The molecule has 0 heterocycles. The number of carbonyl (C=O) groups is 1. The van der Waals surface area contributed by atoms with E-state index < -0.39 is 4.92 Å². The fraction of sp³-hybridized carbons (Fsp3) is 0.364. The predicted octanol–water partition coefficient (Wildman–Crippen LogP) is 2.36. The van der Waals surface area contributed by atoms with Crippen LogP contribution in [0.25, 0.3) is 0 Å². The molecule has 0 fully saturated rings. The Morgan fingerprint density at radius 3 is 2.60 bits per heavy atom. The first-order valence-electron chi connectivity index (χ1n) is 4.75. The van der Waals surface area contributed by atoms with E-state index in [1.54, 1.807) is 25.1 Å². The first-order chi connectivity index (χ1) is 7.02. The van der Waals surface area contributed by atoms with Crippen LogP contribution in [0.4, 0.5) is 5.69 Å². The van der Waals surface area contributed by atoms with Gasteiger partial charge in [-0.1, -0.05) is 25.1 Å². The Morgan fingerprint density at radius 1 is 1.47 bits per heavy atom. The maximum Gasteiger partial charge on any atom is 0.272 e. The summed E-state index contributed by atoms with van der Waals surface area (Å²) in [5, 5.41) is 10.7. The summed E-state index contributed by atoms with van der Waals surface area (Å²) in [6, 6.07) is 6.52. The maximum atomic E-state index is 11.1. The smallest absolute Gasteiger partial charge is 0.272 e. The van der Waals surface area contributed by atoms with Crippen molar-refractivity contribution < 1.29 is 9.72 Å². The van der Waals surface area contributed by atoms with Gasteiger partial charge in [0, 0.05) is 17.5 Å². The summed E-state index contributed by atoms with van der Waals surface area (Å²) in [6.07, 6.45) is 0.423. The first-order valence-corrected chi connectivity index (χ1v) is 4.75. The van der Waals surface area contributed by atoms with Crippen LogP contribution in [0.5, 0.6) is 0 Å². The normalized spacial score (nSPS) is 12.1. The molecular weight excluding hydrogens is 194 g/mol. The molecule has 1 atom stereocenters. The zero-order chi connectivity index (χ0) is 11.4. The highest BCUT2D eigenvalue weighted by Gasteiger charge is 2.16. The zero-order valence-electron chi connectivity index (χ0n) is 8.77. The summed E-state index contributed by atoms with van der Waals surface area (Å²) in [5.41, 5.74) is 0.704. The summed E-state index contributed by atoms with van der Waals surface area (Å²) in [4.78, 5) is 21.3. The van der Waals surface area contributed by atoms with E-state index in [0.717, 1.165) is 0 Å². The Bertz CT molecular complexity index is 387. The van der Waals surface area contributed by atoms with Crippen molar-refractivity contribution in [2.24, 2.45) is 5.92 Å². The van der Waals surface area contributed by atoms with Crippen LogP contribution in [-0.4, -0.2) is 10.7 Å². The Labute approximate surface area is 88.1 Å². The second-order valence-corrected chi connectivity index (χ2v) is 3.60. The number of nitro benzene ring substituents is 1. The van der Waals surface area contributed by atoms with E-state index in [1.165, 1.54) is 13.0 Å². The quantitative estimate of drug-likeness (QED) is 0.562. The van der Waals surface area contributed by atoms with E-state index in [9.17, 15) is 14.9 Å². The third-order valence-electron chi connectivity index (χ3n) is 2.41. The van der Waals surface area contributed by atoms with Gasteiger partial charge in [0.15, 0.2) is 0 Å². The number of Topliss-reactive ketones (excluding diaryl/α,β-unsaturated/α-hetero) is 1. The summed E-state index contributed by atoms with van der Waals surface area (Å²) in [7, 11) is 0. The van der Waals surface area contributed by atoms with Gasteiger partial charge in [-0.15, -0.1) is 0 Å². The molecule has 0 aliphatic rings. The van der Waals surface area contributed by atoms with Gasteiger partial charge in [0.05, 0.1) is 4.92 Å². The number of ketones is 1. The van der Waals surface area contributed by atoms with Crippen LogP contribution < -0.4 is 0 Å². The standard InChI is InChI=1S/C11H13NO3/c1-8(9(2)13)7-10-5-3-4-6-11(10)12(14)15/h3-6,8H,7H2,1-2H3. The van der Waals surface area contributed by atoms with Gasteiger partial charge in [0.1, 0.15) is 5.78 Å². The topological polar surface area (TPSA) is 60.2 Å². The lowest BCUT2D eigenvalue weighted by Crippen LogP contribution is -2.10. The third-order valence-corrected chi connectivity index (χ3v) is 2.41. The van der Waals surface area contributed by atoms with Crippen LogP contribution in [0.15, 0.2) is 24.3 Å². The summed E-state index contributed by atoms with van der Waals surface area (Å²) in [6.45, 7) is 3.28. The van der Waals surface area contributed by atoms with Crippen molar-refractivity contribution in [2.45, 2.75) is 20.3 Å². The molecule has 0 bridgehead atoms. The van der Waals surface area contributed by atoms with E-state index in [1.807, 2.05) is 0 Å². The number of carbonyl (C=O) groups excluding carboxylic acids is 1. The SMILES string of the molecule is CC(=O)C(C)Cc1ccccc1[N+](=O)[O-]. The van der Waals surface area contributed by atoms with Crippen LogP contribution in [0.2, 0.25) is 0 Å². The Morgan fingerprint density at radius 2 is 2.07 bits per heavy atom. The monoisotopic (exact) mass is 207 g/mol. The first kappa shape index (κ1) is 11.4. The molecule has 0 amide bonds. The summed E-state index contributed by atoms with van der Waals surface area (Å²) < 4.78 is 0. The van der Waals surface area contributed by atoms with Gasteiger partial charge in [-0.25, -0.2) is 0 Å². The lowest BCUT2D eigenvalue weighted by Gasteiger charge is -2.07. The average molecular weight is 207 g/mol. The number of hydrogen-bond donors (Lipinski definition) is 0. The Hall–Kier alpha value is -1.71. The summed E-state index contributed by atoms with van der Waals surface area (Å²) >= 11 is 0. The van der Waals surface area contributed by atoms with Crippen molar-refractivity contribution >= 4 is 11.5 Å². The van der Waals surface area contributed by atoms with Crippen molar-refractivity contribution in [2.75, 3.05) is 0 Å². The van der Waals surface area contributed by atoms with Gasteiger partial charge in [-0.2, -0.15) is 0 Å². The molecule has 1 unspecified atom stereocenters. The van der Waals surface area contributed by atoms with Crippen molar-refractivity contribution in [1.29, 1.82) is 0 Å².